The first kappa shape index (κ1) is 16.8. The van der Waals surface area contributed by atoms with Gasteiger partial charge in [0, 0.05) is 0 Å². The summed E-state index contributed by atoms with van der Waals surface area (Å²) < 4.78 is 6.48. The molecule has 1 aliphatic rings. The van der Waals surface area contributed by atoms with Crippen LogP contribution in [0.3, 0.4) is 0 Å². The normalized spacial score (nSPS) is 15.5. The Morgan fingerprint density at radius 3 is 2.69 bits per heavy atom. The molecule has 1 heterocycles. The lowest BCUT2D eigenvalue weighted by atomic mass is 10.1. The predicted octanol–water partition coefficient (Wildman–Crippen LogP) is 4.91. The standard InChI is InChI=1S/C21H15NO2S2/c23-20-19(26-21(25)22-20)12-14-5-3-9-17(11-14)24-13-16-8-4-7-15-6-1-2-10-18(15)16/h1-12H,13H2,(H,22,23,25)/b19-12+. The van der Waals surface area contributed by atoms with Crippen molar-refractivity contribution in [3.63, 3.8) is 0 Å². The summed E-state index contributed by atoms with van der Waals surface area (Å²) in [5.41, 5.74) is 2.05. The van der Waals surface area contributed by atoms with Crippen molar-refractivity contribution >= 4 is 51.1 Å². The van der Waals surface area contributed by atoms with Crippen LogP contribution in [-0.4, -0.2) is 10.2 Å². The Bertz CT molecular complexity index is 1040. The molecule has 0 saturated carbocycles. The molecule has 1 N–H and O–H groups in total. The highest BCUT2D eigenvalue weighted by molar-refractivity contribution is 8.26. The average Bonchev–Trinajstić information content (AvgIpc) is 2.97. The van der Waals surface area contributed by atoms with E-state index in [0.29, 0.717) is 15.8 Å². The van der Waals surface area contributed by atoms with Crippen LogP contribution < -0.4 is 10.1 Å². The van der Waals surface area contributed by atoms with Gasteiger partial charge in [0.25, 0.3) is 5.91 Å². The Morgan fingerprint density at radius 2 is 1.85 bits per heavy atom. The first-order valence-corrected chi connectivity index (χ1v) is 9.36. The molecule has 3 aromatic rings. The molecular formula is C21H15NO2S2. The van der Waals surface area contributed by atoms with Crippen LogP contribution in [0.1, 0.15) is 11.1 Å². The lowest BCUT2D eigenvalue weighted by Crippen LogP contribution is -2.17. The summed E-state index contributed by atoms with van der Waals surface area (Å²) in [7, 11) is 0. The molecule has 0 unspecified atom stereocenters. The number of amides is 1. The highest BCUT2D eigenvalue weighted by Gasteiger charge is 2.21. The van der Waals surface area contributed by atoms with Gasteiger partial charge in [-0.2, -0.15) is 0 Å². The van der Waals surface area contributed by atoms with Gasteiger partial charge in [0.1, 0.15) is 16.7 Å². The number of ether oxygens (including phenoxy) is 1. The van der Waals surface area contributed by atoms with E-state index in [-0.39, 0.29) is 5.91 Å². The van der Waals surface area contributed by atoms with Crippen LogP contribution in [0.15, 0.2) is 71.6 Å². The largest absolute Gasteiger partial charge is 0.489 e. The van der Waals surface area contributed by atoms with Crippen LogP contribution in [0, 0.1) is 0 Å². The number of hydrogen-bond donors (Lipinski definition) is 1. The van der Waals surface area contributed by atoms with E-state index in [4.69, 9.17) is 17.0 Å². The molecule has 1 amide bonds. The molecule has 0 aliphatic carbocycles. The lowest BCUT2D eigenvalue weighted by molar-refractivity contribution is -0.115. The fraction of sp³-hybridized carbons (Fsp3) is 0.0476. The molecule has 0 atom stereocenters. The van der Waals surface area contributed by atoms with E-state index < -0.39 is 0 Å². The molecule has 4 rings (SSSR count). The molecular weight excluding hydrogens is 362 g/mol. The molecule has 3 aromatic carbocycles. The van der Waals surface area contributed by atoms with Gasteiger partial charge in [-0.05, 0) is 40.1 Å². The summed E-state index contributed by atoms with van der Waals surface area (Å²) in [5, 5.41) is 5.02. The molecule has 0 aromatic heterocycles. The number of thioether (sulfide) groups is 1. The van der Waals surface area contributed by atoms with Crippen molar-refractivity contribution < 1.29 is 9.53 Å². The number of rotatable bonds is 4. The second kappa shape index (κ2) is 7.32. The minimum Gasteiger partial charge on any atom is -0.489 e. The zero-order chi connectivity index (χ0) is 17.9. The number of benzene rings is 3. The van der Waals surface area contributed by atoms with Crippen molar-refractivity contribution in [2.24, 2.45) is 0 Å². The zero-order valence-corrected chi connectivity index (χ0v) is 15.4. The van der Waals surface area contributed by atoms with Gasteiger partial charge >= 0.3 is 0 Å². The summed E-state index contributed by atoms with van der Waals surface area (Å²) in [6.07, 6.45) is 1.82. The molecule has 0 bridgehead atoms. The number of carbonyl (C=O) groups is 1. The second-order valence-corrected chi connectivity index (χ2v) is 7.57. The molecule has 5 heteroatoms. The maximum absolute atomic E-state index is 11.8. The van der Waals surface area contributed by atoms with Crippen LogP contribution in [0.4, 0.5) is 0 Å². The van der Waals surface area contributed by atoms with E-state index in [1.54, 1.807) is 0 Å². The maximum atomic E-state index is 11.8. The van der Waals surface area contributed by atoms with Gasteiger partial charge in [0.15, 0.2) is 0 Å². The summed E-state index contributed by atoms with van der Waals surface area (Å²) in [4.78, 5) is 12.4. The number of fused-ring (bicyclic) bond motifs is 1. The van der Waals surface area contributed by atoms with Gasteiger partial charge in [0.05, 0.1) is 4.91 Å². The van der Waals surface area contributed by atoms with Crippen molar-refractivity contribution in [3.05, 3.63) is 82.8 Å². The summed E-state index contributed by atoms with van der Waals surface area (Å²) in [5.74, 6) is 0.611. The van der Waals surface area contributed by atoms with E-state index in [0.717, 1.165) is 16.9 Å². The monoisotopic (exact) mass is 377 g/mol. The highest BCUT2D eigenvalue weighted by Crippen LogP contribution is 2.27. The van der Waals surface area contributed by atoms with Gasteiger partial charge in [-0.25, -0.2) is 0 Å². The van der Waals surface area contributed by atoms with Gasteiger partial charge in [-0.15, -0.1) is 0 Å². The topological polar surface area (TPSA) is 38.3 Å². The number of nitrogens with one attached hydrogen (secondary N) is 1. The third-order valence-corrected chi connectivity index (χ3v) is 5.23. The molecule has 1 saturated heterocycles. The molecule has 0 spiro atoms. The first-order chi connectivity index (χ1) is 12.7. The van der Waals surface area contributed by atoms with Crippen LogP contribution in [0.5, 0.6) is 5.75 Å². The fourth-order valence-corrected chi connectivity index (χ4v) is 3.89. The number of hydrogen-bond acceptors (Lipinski definition) is 4. The van der Waals surface area contributed by atoms with E-state index in [9.17, 15) is 4.79 Å². The Kier molecular flexibility index (Phi) is 4.73. The SMILES string of the molecule is O=C1NC(=S)S/C1=C/c1cccc(OCc2cccc3ccccc23)c1. The minimum atomic E-state index is -0.151. The Morgan fingerprint density at radius 1 is 1.04 bits per heavy atom. The Balaban J connectivity index is 1.53. The fourth-order valence-electron chi connectivity index (χ4n) is 2.85. The number of carbonyl (C=O) groups excluding carboxylic acids is 1. The van der Waals surface area contributed by atoms with Crippen molar-refractivity contribution in [1.29, 1.82) is 0 Å². The van der Waals surface area contributed by atoms with Crippen LogP contribution in [-0.2, 0) is 11.4 Å². The molecule has 3 nitrogen and oxygen atoms in total. The van der Waals surface area contributed by atoms with Gasteiger partial charge < -0.3 is 10.1 Å². The zero-order valence-electron chi connectivity index (χ0n) is 13.8. The summed E-state index contributed by atoms with van der Waals surface area (Å²) in [6.45, 7) is 0.487. The van der Waals surface area contributed by atoms with E-state index in [2.05, 4.69) is 29.6 Å². The predicted molar refractivity (Wildman–Crippen MR) is 111 cm³/mol. The van der Waals surface area contributed by atoms with E-state index >= 15 is 0 Å². The van der Waals surface area contributed by atoms with Crippen LogP contribution >= 0.6 is 24.0 Å². The summed E-state index contributed by atoms with van der Waals surface area (Å²) >= 11 is 6.29. The maximum Gasteiger partial charge on any atom is 0.263 e. The van der Waals surface area contributed by atoms with Gasteiger partial charge in [0.2, 0.25) is 0 Å². The van der Waals surface area contributed by atoms with Crippen molar-refractivity contribution in [2.45, 2.75) is 6.61 Å². The molecule has 128 valence electrons. The quantitative estimate of drug-likeness (QED) is 0.518. The second-order valence-electron chi connectivity index (χ2n) is 5.85. The summed E-state index contributed by atoms with van der Waals surface area (Å²) in [6, 6.07) is 22.2. The average molecular weight is 377 g/mol. The Hall–Kier alpha value is -2.63. The van der Waals surface area contributed by atoms with Crippen molar-refractivity contribution in [2.75, 3.05) is 0 Å². The van der Waals surface area contributed by atoms with Crippen LogP contribution in [0.2, 0.25) is 0 Å². The van der Waals surface area contributed by atoms with Gasteiger partial charge in [-0.1, -0.05) is 78.6 Å². The highest BCUT2D eigenvalue weighted by atomic mass is 32.2. The smallest absolute Gasteiger partial charge is 0.263 e. The third kappa shape index (κ3) is 3.64. The lowest BCUT2D eigenvalue weighted by Gasteiger charge is -2.09. The van der Waals surface area contributed by atoms with Crippen molar-refractivity contribution in [3.8, 4) is 5.75 Å². The molecule has 1 fully saturated rings. The molecule has 0 radical (unpaired) electrons. The number of thiocarbonyl (C=S) groups is 1. The van der Waals surface area contributed by atoms with E-state index in [1.807, 2.05) is 48.5 Å². The van der Waals surface area contributed by atoms with Gasteiger partial charge in [-0.3, -0.25) is 4.79 Å². The van der Waals surface area contributed by atoms with E-state index in [1.165, 1.54) is 22.5 Å². The van der Waals surface area contributed by atoms with Crippen molar-refractivity contribution in [1.82, 2.24) is 5.32 Å². The molecule has 1 aliphatic heterocycles. The Labute approximate surface area is 161 Å². The molecule has 26 heavy (non-hydrogen) atoms. The van der Waals surface area contributed by atoms with Crippen LogP contribution in [0.25, 0.3) is 16.8 Å². The first-order valence-electron chi connectivity index (χ1n) is 8.13. The third-order valence-electron chi connectivity index (χ3n) is 4.07. The minimum absolute atomic E-state index is 0.151.